The molecule has 0 saturated carbocycles. The maximum atomic E-state index is 5.58. The Morgan fingerprint density at radius 2 is 1.96 bits per heavy atom. The van der Waals surface area contributed by atoms with Gasteiger partial charge in [0.05, 0.1) is 12.0 Å². The van der Waals surface area contributed by atoms with Crippen molar-refractivity contribution in [3.63, 3.8) is 0 Å². The van der Waals surface area contributed by atoms with Gasteiger partial charge in [-0.3, -0.25) is 0 Å². The molecule has 0 aliphatic carbocycles. The third kappa shape index (κ3) is 3.39. The van der Waals surface area contributed by atoms with E-state index in [1.807, 2.05) is 19.1 Å². The molecule has 0 radical (unpaired) electrons. The van der Waals surface area contributed by atoms with Crippen molar-refractivity contribution in [3.8, 4) is 16.9 Å². The largest absolute Gasteiger partial charge is 0.494 e. The minimum atomic E-state index is 0.461. The molecule has 0 spiro atoms. The molecule has 1 fully saturated rings. The maximum Gasteiger partial charge on any atom is 0.139 e. The van der Waals surface area contributed by atoms with Gasteiger partial charge in [-0.15, -0.1) is 11.3 Å². The zero-order valence-electron chi connectivity index (χ0n) is 15.2. The molecule has 2 N–H and O–H groups in total. The van der Waals surface area contributed by atoms with Gasteiger partial charge in [-0.2, -0.15) is 0 Å². The van der Waals surface area contributed by atoms with Crippen LogP contribution in [0.25, 0.3) is 21.3 Å². The lowest BCUT2D eigenvalue weighted by Gasteiger charge is -2.24. The van der Waals surface area contributed by atoms with Crippen LogP contribution in [-0.2, 0) is 0 Å². The zero-order chi connectivity index (χ0) is 17.9. The van der Waals surface area contributed by atoms with Crippen molar-refractivity contribution in [1.82, 2.24) is 15.3 Å². The van der Waals surface area contributed by atoms with Gasteiger partial charge in [0.15, 0.2) is 0 Å². The highest BCUT2D eigenvalue weighted by Gasteiger charge is 2.20. The first-order valence-electron chi connectivity index (χ1n) is 9.21. The second-order valence-electron chi connectivity index (χ2n) is 6.56. The number of nitrogens with zero attached hydrogens (tertiary/aromatic N) is 2. The molecule has 3 heterocycles. The molecule has 26 heavy (non-hydrogen) atoms. The second-order valence-corrected chi connectivity index (χ2v) is 7.76. The number of anilines is 1. The average Bonchev–Trinajstić information content (AvgIpc) is 3.00. The lowest BCUT2D eigenvalue weighted by molar-refractivity contribution is 0.340. The number of hydrogen-bond donors (Lipinski definition) is 2. The molecule has 5 nitrogen and oxygen atoms in total. The van der Waals surface area contributed by atoms with E-state index in [9.17, 15) is 0 Å². The predicted octanol–water partition coefficient (Wildman–Crippen LogP) is 4.23. The van der Waals surface area contributed by atoms with E-state index in [4.69, 9.17) is 4.74 Å². The molecule has 1 aromatic carbocycles. The number of thiophene rings is 1. The molecular weight excluding hydrogens is 344 g/mol. The molecule has 1 aliphatic heterocycles. The van der Waals surface area contributed by atoms with E-state index < -0.39 is 0 Å². The summed E-state index contributed by atoms with van der Waals surface area (Å²) in [6.45, 7) is 6.95. The minimum absolute atomic E-state index is 0.461. The summed E-state index contributed by atoms with van der Waals surface area (Å²) in [7, 11) is 0. The fraction of sp³-hybridized carbons (Fsp3) is 0.400. The molecule has 1 aliphatic rings. The monoisotopic (exact) mass is 368 g/mol. The van der Waals surface area contributed by atoms with Gasteiger partial charge in [-0.1, -0.05) is 12.1 Å². The number of rotatable bonds is 5. The van der Waals surface area contributed by atoms with Gasteiger partial charge in [0.2, 0.25) is 0 Å². The highest BCUT2D eigenvalue weighted by Crippen LogP contribution is 2.41. The summed E-state index contributed by atoms with van der Waals surface area (Å²) >= 11 is 1.73. The molecule has 0 bridgehead atoms. The van der Waals surface area contributed by atoms with Crippen molar-refractivity contribution in [2.45, 2.75) is 32.7 Å². The molecule has 0 atom stereocenters. The van der Waals surface area contributed by atoms with Crippen molar-refractivity contribution >= 4 is 27.4 Å². The van der Waals surface area contributed by atoms with Gasteiger partial charge in [0, 0.05) is 16.5 Å². The van der Waals surface area contributed by atoms with Crippen LogP contribution in [-0.4, -0.2) is 35.7 Å². The number of nitrogens with one attached hydrogen (secondary N) is 2. The van der Waals surface area contributed by atoms with E-state index in [1.54, 1.807) is 17.7 Å². The summed E-state index contributed by atoms with van der Waals surface area (Å²) < 4.78 is 5.58. The van der Waals surface area contributed by atoms with Crippen molar-refractivity contribution in [1.29, 1.82) is 0 Å². The maximum absolute atomic E-state index is 5.58. The quantitative estimate of drug-likeness (QED) is 0.706. The summed E-state index contributed by atoms with van der Waals surface area (Å²) in [6.07, 6.45) is 3.91. The number of fused-ring (bicyclic) bond motifs is 1. The number of hydrogen-bond acceptors (Lipinski definition) is 6. The number of aryl methyl sites for hydroxylation is 1. The van der Waals surface area contributed by atoms with Crippen LogP contribution < -0.4 is 15.4 Å². The number of benzene rings is 1. The average molecular weight is 369 g/mol. The van der Waals surface area contributed by atoms with Crippen molar-refractivity contribution in [3.05, 3.63) is 35.5 Å². The highest BCUT2D eigenvalue weighted by atomic mass is 32.1. The molecule has 0 amide bonds. The Labute approximate surface area is 157 Å². The summed E-state index contributed by atoms with van der Waals surface area (Å²) in [5.74, 6) is 1.85. The van der Waals surface area contributed by atoms with E-state index in [2.05, 4.69) is 39.7 Å². The first-order valence-corrected chi connectivity index (χ1v) is 10.0. The third-order valence-corrected chi connectivity index (χ3v) is 5.81. The predicted molar refractivity (Wildman–Crippen MR) is 108 cm³/mol. The second kappa shape index (κ2) is 7.60. The zero-order valence-corrected chi connectivity index (χ0v) is 16.0. The van der Waals surface area contributed by atoms with E-state index in [1.165, 1.54) is 16.0 Å². The molecule has 136 valence electrons. The van der Waals surface area contributed by atoms with Crippen LogP contribution in [0.3, 0.4) is 0 Å². The fourth-order valence-corrected chi connectivity index (χ4v) is 4.56. The van der Waals surface area contributed by atoms with Crippen LogP contribution in [0.1, 0.15) is 24.6 Å². The SMILES string of the molecule is CCOc1ccc(-c2c(C)sc3ncnc(NC4CCNCC4)c23)cc1. The van der Waals surface area contributed by atoms with Crippen LogP contribution in [0, 0.1) is 6.92 Å². The van der Waals surface area contributed by atoms with Gasteiger partial charge in [-0.05, 0) is 57.5 Å². The molecule has 1 saturated heterocycles. The van der Waals surface area contributed by atoms with Crippen molar-refractivity contribution in [2.24, 2.45) is 0 Å². The van der Waals surface area contributed by atoms with Crippen molar-refractivity contribution in [2.75, 3.05) is 25.0 Å². The molecule has 4 rings (SSSR count). The van der Waals surface area contributed by atoms with E-state index in [0.717, 1.165) is 47.7 Å². The molecule has 2 aromatic heterocycles. The first kappa shape index (κ1) is 17.2. The van der Waals surface area contributed by atoms with Crippen LogP contribution in [0.4, 0.5) is 5.82 Å². The van der Waals surface area contributed by atoms with Gasteiger partial charge >= 0.3 is 0 Å². The third-order valence-electron chi connectivity index (χ3n) is 4.80. The Bertz CT molecular complexity index is 885. The van der Waals surface area contributed by atoms with Crippen LogP contribution in [0.15, 0.2) is 30.6 Å². The lowest BCUT2D eigenvalue weighted by Crippen LogP contribution is -2.35. The fourth-order valence-electron chi connectivity index (χ4n) is 3.55. The van der Waals surface area contributed by atoms with Gasteiger partial charge < -0.3 is 15.4 Å². The van der Waals surface area contributed by atoms with E-state index in [-0.39, 0.29) is 0 Å². The summed E-state index contributed by atoms with van der Waals surface area (Å²) in [5, 5.41) is 8.22. The molecular formula is C20H24N4OS. The summed E-state index contributed by atoms with van der Waals surface area (Å²) in [5.41, 5.74) is 2.41. The Morgan fingerprint density at radius 3 is 2.69 bits per heavy atom. The Hall–Kier alpha value is -2.18. The Kier molecular flexibility index (Phi) is 5.04. The molecule has 3 aromatic rings. The summed E-state index contributed by atoms with van der Waals surface area (Å²) in [4.78, 5) is 11.4. The number of ether oxygens (including phenoxy) is 1. The smallest absolute Gasteiger partial charge is 0.139 e. The minimum Gasteiger partial charge on any atom is -0.494 e. The highest BCUT2D eigenvalue weighted by molar-refractivity contribution is 7.19. The van der Waals surface area contributed by atoms with Gasteiger partial charge in [0.1, 0.15) is 22.7 Å². The Balaban J connectivity index is 1.75. The topological polar surface area (TPSA) is 59.1 Å². The van der Waals surface area contributed by atoms with Crippen molar-refractivity contribution < 1.29 is 4.74 Å². The number of aromatic nitrogens is 2. The van der Waals surface area contributed by atoms with Crippen LogP contribution in [0.2, 0.25) is 0 Å². The van der Waals surface area contributed by atoms with Crippen LogP contribution in [0.5, 0.6) is 5.75 Å². The van der Waals surface area contributed by atoms with E-state index >= 15 is 0 Å². The lowest BCUT2D eigenvalue weighted by atomic mass is 10.0. The molecule has 6 heteroatoms. The summed E-state index contributed by atoms with van der Waals surface area (Å²) in [6, 6.07) is 8.78. The number of piperidine rings is 1. The Morgan fingerprint density at radius 1 is 1.19 bits per heavy atom. The van der Waals surface area contributed by atoms with E-state index in [0.29, 0.717) is 12.6 Å². The standard InChI is InChI=1S/C20H24N4OS/c1-3-25-16-6-4-14(5-7-16)17-13(2)26-20-18(17)19(22-12-23-20)24-15-8-10-21-11-9-15/h4-7,12,15,21H,3,8-11H2,1-2H3,(H,22,23,24). The molecule has 0 unspecified atom stereocenters. The van der Waals surface area contributed by atoms with Gasteiger partial charge in [-0.25, -0.2) is 9.97 Å². The van der Waals surface area contributed by atoms with Gasteiger partial charge in [0.25, 0.3) is 0 Å². The van der Waals surface area contributed by atoms with Crippen LogP contribution >= 0.6 is 11.3 Å². The first-order chi connectivity index (χ1) is 12.8. The normalized spacial score (nSPS) is 15.3.